The number of carbonyl (C=O) groups is 1. The Kier molecular flexibility index (Phi) is 5.30. The maximum absolute atomic E-state index is 12.9. The van der Waals surface area contributed by atoms with Crippen LogP contribution in [0.2, 0.25) is 0 Å². The Balaban J connectivity index is 1.75. The fourth-order valence-corrected chi connectivity index (χ4v) is 3.40. The van der Waals surface area contributed by atoms with E-state index < -0.39 is 0 Å². The molecule has 1 aromatic heterocycles. The fraction of sp³-hybridized carbons (Fsp3) is 0.474. The lowest BCUT2D eigenvalue weighted by Crippen LogP contribution is -2.40. The molecule has 0 bridgehead atoms. The first-order chi connectivity index (χ1) is 11.7. The van der Waals surface area contributed by atoms with Crippen molar-refractivity contribution in [2.45, 2.75) is 32.7 Å². The number of likely N-dealkylation sites (tertiary alicyclic amines) is 1. The molecule has 5 heteroatoms. The van der Waals surface area contributed by atoms with Gasteiger partial charge in [0.1, 0.15) is 0 Å². The second kappa shape index (κ2) is 7.62. The van der Waals surface area contributed by atoms with E-state index in [1.165, 1.54) is 5.56 Å². The quantitative estimate of drug-likeness (QED) is 0.917. The van der Waals surface area contributed by atoms with E-state index in [2.05, 4.69) is 24.2 Å². The van der Waals surface area contributed by atoms with E-state index in [1.807, 2.05) is 27.8 Å². The molecule has 1 saturated heterocycles. The monoisotopic (exact) mass is 326 g/mol. The van der Waals surface area contributed by atoms with Gasteiger partial charge >= 0.3 is 0 Å². The molecule has 1 aromatic carbocycles. The number of rotatable bonds is 5. The lowest BCUT2D eigenvalue weighted by molar-refractivity contribution is 0.0692. The van der Waals surface area contributed by atoms with Crippen LogP contribution in [-0.2, 0) is 13.0 Å². The third kappa shape index (κ3) is 3.51. The van der Waals surface area contributed by atoms with Crippen LogP contribution in [0, 0.1) is 5.92 Å². The summed E-state index contributed by atoms with van der Waals surface area (Å²) in [7, 11) is 0. The van der Waals surface area contributed by atoms with Crippen LogP contribution in [0.4, 0.5) is 0 Å². The van der Waals surface area contributed by atoms with Gasteiger partial charge in [-0.1, -0.05) is 37.3 Å². The van der Waals surface area contributed by atoms with Crippen LogP contribution < -0.4 is 5.73 Å². The summed E-state index contributed by atoms with van der Waals surface area (Å²) in [5.74, 6) is 0.669. The standard InChI is InChI=1S/C19H26N4O/c1-2-18-17(19(24)22-10-8-15(12-20)9-11-22)13-21-23(18)14-16-6-4-3-5-7-16/h3-7,13,15H,2,8-12,14,20H2,1H3. The van der Waals surface area contributed by atoms with Crippen molar-refractivity contribution in [1.82, 2.24) is 14.7 Å². The second-order valence-corrected chi connectivity index (χ2v) is 6.47. The molecular weight excluding hydrogens is 300 g/mol. The van der Waals surface area contributed by atoms with Crippen molar-refractivity contribution in [1.29, 1.82) is 0 Å². The summed E-state index contributed by atoms with van der Waals surface area (Å²) < 4.78 is 1.95. The number of benzene rings is 1. The molecule has 1 fully saturated rings. The van der Waals surface area contributed by atoms with Gasteiger partial charge in [-0.3, -0.25) is 9.48 Å². The zero-order valence-electron chi connectivity index (χ0n) is 14.3. The Bertz CT molecular complexity index is 672. The minimum absolute atomic E-state index is 0.113. The highest BCUT2D eigenvalue weighted by Crippen LogP contribution is 2.20. The topological polar surface area (TPSA) is 64.2 Å². The molecule has 0 spiro atoms. The summed E-state index contributed by atoms with van der Waals surface area (Å²) >= 11 is 0. The first-order valence-corrected chi connectivity index (χ1v) is 8.80. The van der Waals surface area contributed by atoms with Crippen molar-refractivity contribution < 1.29 is 4.79 Å². The summed E-state index contributed by atoms with van der Waals surface area (Å²) in [5, 5.41) is 4.48. The Labute approximate surface area is 143 Å². The molecule has 0 atom stereocenters. The van der Waals surface area contributed by atoms with Crippen LogP contribution in [0.5, 0.6) is 0 Å². The lowest BCUT2D eigenvalue weighted by Gasteiger charge is -2.31. The van der Waals surface area contributed by atoms with Crippen molar-refractivity contribution in [3.8, 4) is 0 Å². The molecule has 0 saturated carbocycles. The largest absolute Gasteiger partial charge is 0.339 e. The van der Waals surface area contributed by atoms with E-state index in [9.17, 15) is 4.79 Å². The van der Waals surface area contributed by atoms with Gasteiger partial charge in [0.25, 0.3) is 5.91 Å². The summed E-state index contributed by atoms with van der Waals surface area (Å²) in [6.45, 7) is 5.10. The highest BCUT2D eigenvalue weighted by molar-refractivity contribution is 5.95. The van der Waals surface area contributed by atoms with Gasteiger partial charge in [-0.2, -0.15) is 5.10 Å². The highest BCUT2D eigenvalue weighted by atomic mass is 16.2. The van der Waals surface area contributed by atoms with Gasteiger partial charge in [0.05, 0.1) is 24.0 Å². The lowest BCUT2D eigenvalue weighted by atomic mass is 9.96. The Morgan fingerprint density at radius 3 is 2.58 bits per heavy atom. The molecule has 5 nitrogen and oxygen atoms in total. The van der Waals surface area contributed by atoms with E-state index in [0.717, 1.165) is 50.2 Å². The van der Waals surface area contributed by atoms with Gasteiger partial charge in [-0.15, -0.1) is 0 Å². The van der Waals surface area contributed by atoms with Gasteiger partial charge < -0.3 is 10.6 Å². The molecule has 2 N–H and O–H groups in total. The SMILES string of the molecule is CCc1c(C(=O)N2CCC(CN)CC2)cnn1Cc1ccccc1. The molecule has 0 radical (unpaired) electrons. The van der Waals surface area contributed by atoms with Crippen molar-refractivity contribution in [3.05, 3.63) is 53.3 Å². The molecule has 1 aliphatic rings. The first kappa shape index (κ1) is 16.7. The molecular formula is C19H26N4O. The van der Waals surface area contributed by atoms with Gasteiger partial charge in [0, 0.05) is 13.1 Å². The molecule has 1 aliphatic heterocycles. The zero-order chi connectivity index (χ0) is 16.9. The van der Waals surface area contributed by atoms with Gasteiger partial charge in [0.15, 0.2) is 0 Å². The summed E-state index contributed by atoms with van der Waals surface area (Å²) in [6.07, 6.45) is 4.54. The van der Waals surface area contributed by atoms with Crippen molar-refractivity contribution in [3.63, 3.8) is 0 Å². The minimum atomic E-state index is 0.113. The highest BCUT2D eigenvalue weighted by Gasteiger charge is 2.26. The van der Waals surface area contributed by atoms with Crippen LogP contribution in [-0.4, -0.2) is 40.2 Å². The number of hydrogen-bond donors (Lipinski definition) is 1. The third-order valence-corrected chi connectivity index (χ3v) is 4.92. The summed E-state index contributed by atoms with van der Waals surface area (Å²) in [5.41, 5.74) is 8.70. The number of nitrogens with two attached hydrogens (primary N) is 1. The Hall–Kier alpha value is -2.14. The van der Waals surface area contributed by atoms with E-state index in [1.54, 1.807) is 6.20 Å². The van der Waals surface area contributed by atoms with Crippen LogP contribution in [0.1, 0.15) is 41.4 Å². The van der Waals surface area contributed by atoms with Gasteiger partial charge in [0.2, 0.25) is 0 Å². The number of nitrogens with zero attached hydrogens (tertiary/aromatic N) is 3. The van der Waals surface area contributed by atoms with Crippen LogP contribution in [0.3, 0.4) is 0 Å². The average Bonchev–Trinajstić information content (AvgIpc) is 3.04. The van der Waals surface area contributed by atoms with E-state index in [-0.39, 0.29) is 5.91 Å². The van der Waals surface area contributed by atoms with Crippen LogP contribution >= 0.6 is 0 Å². The molecule has 1 amide bonds. The zero-order valence-corrected chi connectivity index (χ0v) is 14.3. The Morgan fingerprint density at radius 1 is 1.25 bits per heavy atom. The number of carbonyl (C=O) groups excluding carboxylic acids is 1. The molecule has 24 heavy (non-hydrogen) atoms. The van der Waals surface area contributed by atoms with Gasteiger partial charge in [-0.25, -0.2) is 0 Å². The maximum atomic E-state index is 12.9. The molecule has 3 rings (SSSR count). The molecule has 2 aromatic rings. The smallest absolute Gasteiger partial charge is 0.257 e. The summed E-state index contributed by atoms with van der Waals surface area (Å²) in [4.78, 5) is 14.8. The minimum Gasteiger partial charge on any atom is -0.339 e. The van der Waals surface area contributed by atoms with Gasteiger partial charge in [-0.05, 0) is 37.3 Å². The molecule has 128 valence electrons. The van der Waals surface area contributed by atoms with Crippen molar-refractivity contribution >= 4 is 5.91 Å². The van der Waals surface area contributed by atoms with E-state index in [0.29, 0.717) is 12.5 Å². The molecule has 0 unspecified atom stereocenters. The number of hydrogen-bond acceptors (Lipinski definition) is 3. The van der Waals surface area contributed by atoms with E-state index in [4.69, 9.17) is 5.73 Å². The summed E-state index contributed by atoms with van der Waals surface area (Å²) in [6, 6.07) is 10.2. The number of piperidine rings is 1. The van der Waals surface area contributed by atoms with Crippen molar-refractivity contribution in [2.75, 3.05) is 19.6 Å². The fourth-order valence-electron chi connectivity index (χ4n) is 3.40. The predicted molar refractivity (Wildman–Crippen MR) is 94.8 cm³/mol. The first-order valence-electron chi connectivity index (χ1n) is 8.80. The average molecular weight is 326 g/mol. The second-order valence-electron chi connectivity index (χ2n) is 6.47. The number of amides is 1. The van der Waals surface area contributed by atoms with Crippen LogP contribution in [0.15, 0.2) is 36.5 Å². The van der Waals surface area contributed by atoms with Crippen LogP contribution in [0.25, 0.3) is 0 Å². The predicted octanol–water partition coefficient (Wildman–Crippen LogP) is 2.30. The normalized spacial score (nSPS) is 15.7. The number of aromatic nitrogens is 2. The van der Waals surface area contributed by atoms with E-state index >= 15 is 0 Å². The maximum Gasteiger partial charge on any atom is 0.257 e. The third-order valence-electron chi connectivity index (χ3n) is 4.92. The molecule has 0 aliphatic carbocycles. The molecule has 2 heterocycles. The van der Waals surface area contributed by atoms with Crippen molar-refractivity contribution in [2.24, 2.45) is 11.7 Å². The Morgan fingerprint density at radius 2 is 1.96 bits per heavy atom.